The van der Waals surface area contributed by atoms with Gasteiger partial charge in [-0.1, -0.05) is 13.5 Å². The van der Waals surface area contributed by atoms with E-state index in [1.165, 1.54) is 0 Å². The second-order valence-corrected chi connectivity index (χ2v) is 4.02. The van der Waals surface area contributed by atoms with Crippen molar-refractivity contribution in [2.24, 2.45) is 7.05 Å². The van der Waals surface area contributed by atoms with Crippen molar-refractivity contribution in [2.45, 2.75) is 27.2 Å². The molecule has 0 saturated heterocycles. The van der Waals surface area contributed by atoms with E-state index < -0.39 is 0 Å². The van der Waals surface area contributed by atoms with Crippen LogP contribution in [-0.2, 0) is 13.5 Å². The molecule has 4 heteroatoms. The monoisotopic (exact) mass is 236 g/mol. The smallest absolute Gasteiger partial charge is 0.255 e. The summed E-state index contributed by atoms with van der Waals surface area (Å²) in [6.07, 6.45) is 0.666. The third kappa shape index (κ3) is 2.20. The summed E-state index contributed by atoms with van der Waals surface area (Å²) in [7, 11) is 1.72. The van der Waals surface area contributed by atoms with Gasteiger partial charge in [-0.2, -0.15) is 0 Å². The molecule has 0 aliphatic rings. The van der Waals surface area contributed by atoms with Crippen molar-refractivity contribution in [1.82, 2.24) is 4.57 Å². The van der Waals surface area contributed by atoms with Crippen molar-refractivity contribution in [3.8, 4) is 0 Å². The van der Waals surface area contributed by atoms with Gasteiger partial charge in [0, 0.05) is 24.8 Å². The summed E-state index contributed by atoms with van der Waals surface area (Å²) >= 11 is 0. The number of rotatable bonds is 4. The Morgan fingerprint density at radius 2 is 2.06 bits per heavy atom. The highest BCUT2D eigenvalue weighted by atomic mass is 16.3. The lowest BCUT2D eigenvalue weighted by molar-refractivity contribution is 0.511. The van der Waals surface area contributed by atoms with Crippen LogP contribution in [0, 0.1) is 6.92 Å². The number of pyridine rings is 1. The Bertz CT molecular complexity index is 501. The van der Waals surface area contributed by atoms with Gasteiger partial charge in [0.25, 0.3) is 5.56 Å². The molecule has 94 valence electrons. The normalized spacial score (nSPS) is 10.4. The predicted molar refractivity (Wildman–Crippen MR) is 71.6 cm³/mol. The lowest BCUT2D eigenvalue weighted by Gasteiger charge is -2.19. The topological polar surface area (TPSA) is 54.3 Å². The lowest BCUT2D eigenvalue weighted by atomic mass is 10.0. The fourth-order valence-electron chi connectivity index (χ4n) is 2.10. The van der Waals surface area contributed by atoms with Gasteiger partial charge < -0.3 is 15.0 Å². The standard InChI is InChI=1S/C13H20N2O2/c1-6-10-11(9(4)16)12(14-7-2)8(3)13(17)15(10)5/h14,16H,4,6-7H2,1-3,5H3. The minimum absolute atomic E-state index is 0.00324. The SMILES string of the molecule is C=C(O)c1c(NCC)c(C)c(=O)n(C)c1CC. The van der Waals surface area contributed by atoms with Crippen molar-refractivity contribution < 1.29 is 5.11 Å². The van der Waals surface area contributed by atoms with E-state index in [0.29, 0.717) is 29.8 Å². The number of anilines is 1. The lowest BCUT2D eigenvalue weighted by Crippen LogP contribution is -2.26. The van der Waals surface area contributed by atoms with Crippen molar-refractivity contribution in [3.63, 3.8) is 0 Å². The molecule has 0 unspecified atom stereocenters. The number of aliphatic hydroxyl groups is 1. The predicted octanol–water partition coefficient (Wildman–Crippen LogP) is 2.22. The van der Waals surface area contributed by atoms with Crippen LogP contribution in [0.15, 0.2) is 11.4 Å². The summed E-state index contributed by atoms with van der Waals surface area (Å²) in [6, 6.07) is 0. The molecule has 0 saturated carbocycles. The van der Waals surface area contributed by atoms with Crippen LogP contribution < -0.4 is 10.9 Å². The Balaban J connectivity index is 3.73. The third-order valence-electron chi connectivity index (χ3n) is 2.92. The molecule has 1 rings (SSSR count). The van der Waals surface area contributed by atoms with E-state index in [2.05, 4.69) is 11.9 Å². The van der Waals surface area contributed by atoms with Crippen LogP contribution >= 0.6 is 0 Å². The largest absolute Gasteiger partial charge is 0.508 e. The molecule has 17 heavy (non-hydrogen) atoms. The highest BCUT2D eigenvalue weighted by Gasteiger charge is 2.18. The molecule has 1 heterocycles. The Morgan fingerprint density at radius 3 is 2.47 bits per heavy atom. The van der Waals surface area contributed by atoms with Crippen LogP contribution in [0.4, 0.5) is 5.69 Å². The van der Waals surface area contributed by atoms with Gasteiger partial charge in [0.2, 0.25) is 0 Å². The van der Waals surface area contributed by atoms with E-state index in [9.17, 15) is 9.90 Å². The summed E-state index contributed by atoms with van der Waals surface area (Å²) in [4.78, 5) is 12.0. The van der Waals surface area contributed by atoms with E-state index >= 15 is 0 Å². The average molecular weight is 236 g/mol. The molecule has 0 aliphatic carbocycles. The number of aliphatic hydroxyl groups excluding tert-OH is 1. The molecule has 4 nitrogen and oxygen atoms in total. The number of nitrogens with one attached hydrogen (secondary N) is 1. The van der Waals surface area contributed by atoms with Gasteiger partial charge >= 0.3 is 0 Å². The number of nitrogens with zero attached hydrogens (tertiary/aromatic N) is 1. The summed E-state index contributed by atoms with van der Waals surface area (Å²) < 4.78 is 1.58. The van der Waals surface area contributed by atoms with Crippen molar-refractivity contribution in [2.75, 3.05) is 11.9 Å². The van der Waals surface area contributed by atoms with Crippen molar-refractivity contribution in [3.05, 3.63) is 33.8 Å². The molecule has 0 radical (unpaired) electrons. The Hall–Kier alpha value is -1.71. The summed E-state index contributed by atoms with van der Waals surface area (Å²) in [5, 5.41) is 12.9. The number of hydrogen-bond acceptors (Lipinski definition) is 3. The zero-order valence-electron chi connectivity index (χ0n) is 10.9. The first kappa shape index (κ1) is 13.4. The van der Waals surface area contributed by atoms with Gasteiger partial charge in [-0.25, -0.2) is 0 Å². The van der Waals surface area contributed by atoms with Gasteiger partial charge in [0.1, 0.15) is 5.76 Å². The van der Waals surface area contributed by atoms with Crippen LogP contribution in [-0.4, -0.2) is 16.2 Å². The molecule has 0 aliphatic heterocycles. The van der Waals surface area contributed by atoms with Gasteiger partial charge in [-0.3, -0.25) is 4.79 Å². The molecule has 0 amide bonds. The zero-order valence-corrected chi connectivity index (χ0v) is 10.9. The van der Waals surface area contributed by atoms with Crippen molar-refractivity contribution in [1.29, 1.82) is 0 Å². The van der Waals surface area contributed by atoms with Gasteiger partial charge in [0.15, 0.2) is 0 Å². The molecule has 0 bridgehead atoms. The maximum absolute atomic E-state index is 12.0. The van der Waals surface area contributed by atoms with Crippen LogP contribution in [0.3, 0.4) is 0 Å². The van der Waals surface area contributed by atoms with Crippen LogP contribution in [0.25, 0.3) is 5.76 Å². The third-order valence-corrected chi connectivity index (χ3v) is 2.92. The van der Waals surface area contributed by atoms with E-state index in [-0.39, 0.29) is 11.3 Å². The van der Waals surface area contributed by atoms with E-state index in [4.69, 9.17) is 0 Å². The molecule has 0 atom stereocenters. The maximum Gasteiger partial charge on any atom is 0.255 e. The number of hydrogen-bond donors (Lipinski definition) is 2. The minimum Gasteiger partial charge on any atom is -0.508 e. The first-order chi connectivity index (χ1) is 7.95. The zero-order chi connectivity index (χ0) is 13.2. The summed E-state index contributed by atoms with van der Waals surface area (Å²) in [5.41, 5.74) is 2.71. The first-order valence-electron chi connectivity index (χ1n) is 5.80. The molecule has 0 fully saturated rings. The molecule has 2 N–H and O–H groups in total. The van der Waals surface area contributed by atoms with E-state index in [0.717, 1.165) is 5.69 Å². The second kappa shape index (κ2) is 5.08. The molecule has 0 aromatic carbocycles. The fraction of sp³-hybridized carbons (Fsp3) is 0.462. The molecule has 0 spiro atoms. The highest BCUT2D eigenvalue weighted by Crippen LogP contribution is 2.26. The van der Waals surface area contributed by atoms with Crippen molar-refractivity contribution >= 4 is 11.4 Å². The molecule has 1 aromatic rings. The van der Waals surface area contributed by atoms with E-state index in [1.54, 1.807) is 18.5 Å². The molecular weight excluding hydrogens is 216 g/mol. The quantitative estimate of drug-likeness (QED) is 0.788. The highest BCUT2D eigenvalue weighted by molar-refractivity contribution is 5.74. The van der Waals surface area contributed by atoms with E-state index in [1.807, 2.05) is 13.8 Å². The Labute approximate surface area is 102 Å². The summed E-state index contributed by atoms with van der Waals surface area (Å²) in [5.74, 6) is -0.00324. The Kier molecular flexibility index (Phi) is 3.99. The van der Waals surface area contributed by atoms with Gasteiger partial charge in [0.05, 0.1) is 11.3 Å². The fourth-order valence-corrected chi connectivity index (χ4v) is 2.10. The van der Waals surface area contributed by atoms with Crippen LogP contribution in [0.1, 0.15) is 30.7 Å². The minimum atomic E-state index is -0.0391. The van der Waals surface area contributed by atoms with Gasteiger partial charge in [-0.05, 0) is 20.3 Å². The molecular formula is C13H20N2O2. The second-order valence-electron chi connectivity index (χ2n) is 4.02. The van der Waals surface area contributed by atoms with Gasteiger partial charge in [-0.15, -0.1) is 0 Å². The maximum atomic E-state index is 12.0. The molecule has 1 aromatic heterocycles. The number of aromatic nitrogens is 1. The summed E-state index contributed by atoms with van der Waals surface area (Å²) in [6.45, 7) is 9.94. The Morgan fingerprint density at radius 1 is 1.47 bits per heavy atom. The van der Waals surface area contributed by atoms with Crippen LogP contribution in [0.2, 0.25) is 0 Å². The average Bonchev–Trinajstić information content (AvgIpc) is 2.29. The van der Waals surface area contributed by atoms with Crippen LogP contribution in [0.5, 0.6) is 0 Å². The first-order valence-corrected chi connectivity index (χ1v) is 5.80.